The topological polar surface area (TPSA) is 54.5 Å². The fourth-order valence-corrected chi connectivity index (χ4v) is 2.98. The van der Waals surface area contributed by atoms with Gasteiger partial charge in [-0.3, -0.25) is 9.69 Å². The second kappa shape index (κ2) is 7.93. The minimum absolute atomic E-state index is 0.124. The van der Waals surface area contributed by atoms with E-state index in [0.717, 1.165) is 19.6 Å². The second-order valence-electron chi connectivity index (χ2n) is 6.02. The average molecular weight is 325 g/mol. The number of nitrogens with one attached hydrogen (secondary N) is 1. The molecule has 2 aromatic rings. The van der Waals surface area contributed by atoms with Gasteiger partial charge in [-0.15, -0.1) is 0 Å². The van der Waals surface area contributed by atoms with Gasteiger partial charge in [0.15, 0.2) is 0 Å². The third-order valence-electron chi connectivity index (χ3n) is 4.36. The number of hydrogen-bond donors (Lipinski definition) is 1. The number of nitrogens with zero attached hydrogens (tertiary/aromatic N) is 2. The molecule has 1 aromatic heterocycles. The van der Waals surface area contributed by atoms with Crippen LogP contribution >= 0.6 is 0 Å². The van der Waals surface area contributed by atoms with Gasteiger partial charge in [-0.2, -0.15) is 0 Å². The van der Waals surface area contributed by atoms with Crippen LogP contribution in [0, 0.1) is 0 Å². The number of methoxy groups -OCH3 is 1. The first-order valence-corrected chi connectivity index (χ1v) is 8.33. The Labute approximate surface area is 142 Å². The molecule has 0 unspecified atom stereocenters. The van der Waals surface area contributed by atoms with Crippen LogP contribution in [0.25, 0.3) is 0 Å². The van der Waals surface area contributed by atoms with E-state index in [1.54, 1.807) is 19.2 Å². The number of carbonyl (C=O) groups is 1. The Morgan fingerprint density at radius 1 is 1.17 bits per heavy atom. The Hall–Kier alpha value is -2.40. The Morgan fingerprint density at radius 2 is 1.92 bits per heavy atom. The predicted octanol–water partition coefficient (Wildman–Crippen LogP) is 2.62. The van der Waals surface area contributed by atoms with E-state index < -0.39 is 0 Å². The van der Waals surface area contributed by atoms with Gasteiger partial charge in [0.2, 0.25) is 5.88 Å². The van der Waals surface area contributed by atoms with E-state index in [2.05, 4.69) is 33.4 Å². The van der Waals surface area contributed by atoms with Crippen LogP contribution in [0.2, 0.25) is 0 Å². The van der Waals surface area contributed by atoms with Gasteiger partial charge in [0.25, 0.3) is 5.91 Å². The smallest absolute Gasteiger partial charge is 0.253 e. The van der Waals surface area contributed by atoms with Crippen LogP contribution in [-0.2, 0) is 13.1 Å². The minimum atomic E-state index is -0.124. The van der Waals surface area contributed by atoms with Crippen LogP contribution in [0.3, 0.4) is 0 Å². The largest absolute Gasteiger partial charge is 0.481 e. The number of likely N-dealkylation sites (tertiary alicyclic amines) is 1. The summed E-state index contributed by atoms with van der Waals surface area (Å²) < 4.78 is 5.01. The van der Waals surface area contributed by atoms with E-state index >= 15 is 0 Å². The highest BCUT2D eigenvalue weighted by atomic mass is 16.5. The molecule has 1 N–H and O–H groups in total. The summed E-state index contributed by atoms with van der Waals surface area (Å²) in [5, 5.41) is 2.98. The monoisotopic (exact) mass is 325 g/mol. The SMILES string of the molecule is COc1ccc(C(=O)NCc2ccccc2CN2CCCC2)cn1. The number of hydrogen-bond acceptors (Lipinski definition) is 4. The third kappa shape index (κ3) is 4.11. The van der Waals surface area contributed by atoms with Crippen molar-refractivity contribution < 1.29 is 9.53 Å². The van der Waals surface area contributed by atoms with E-state index in [0.29, 0.717) is 18.0 Å². The summed E-state index contributed by atoms with van der Waals surface area (Å²) in [6.07, 6.45) is 4.09. The van der Waals surface area contributed by atoms with Crippen molar-refractivity contribution in [2.45, 2.75) is 25.9 Å². The fourth-order valence-electron chi connectivity index (χ4n) is 2.98. The zero-order valence-electron chi connectivity index (χ0n) is 14.0. The predicted molar refractivity (Wildman–Crippen MR) is 92.9 cm³/mol. The first kappa shape index (κ1) is 16.5. The second-order valence-corrected chi connectivity index (χ2v) is 6.02. The van der Waals surface area contributed by atoms with Crippen LogP contribution < -0.4 is 10.1 Å². The Morgan fingerprint density at radius 3 is 2.58 bits per heavy atom. The molecule has 5 nitrogen and oxygen atoms in total. The van der Waals surface area contributed by atoms with E-state index in [-0.39, 0.29) is 5.91 Å². The summed E-state index contributed by atoms with van der Waals surface area (Å²) in [7, 11) is 1.55. The van der Waals surface area contributed by atoms with Gasteiger partial charge in [0.1, 0.15) is 0 Å². The van der Waals surface area contributed by atoms with Crippen molar-refractivity contribution in [3.63, 3.8) is 0 Å². The highest BCUT2D eigenvalue weighted by molar-refractivity contribution is 5.93. The molecule has 1 saturated heterocycles. The molecule has 0 saturated carbocycles. The summed E-state index contributed by atoms with van der Waals surface area (Å²) in [6.45, 7) is 3.81. The molecule has 24 heavy (non-hydrogen) atoms. The van der Waals surface area contributed by atoms with Crippen LogP contribution in [0.15, 0.2) is 42.6 Å². The molecule has 1 amide bonds. The Balaban J connectivity index is 1.62. The first-order valence-electron chi connectivity index (χ1n) is 8.33. The molecule has 1 fully saturated rings. The normalized spacial score (nSPS) is 14.5. The molecule has 1 aliphatic heterocycles. The maximum atomic E-state index is 12.3. The lowest BCUT2D eigenvalue weighted by Gasteiger charge is -2.17. The number of pyridine rings is 1. The zero-order valence-corrected chi connectivity index (χ0v) is 14.0. The zero-order chi connectivity index (χ0) is 16.8. The number of rotatable bonds is 6. The van der Waals surface area contributed by atoms with Gasteiger partial charge < -0.3 is 10.1 Å². The molecule has 2 heterocycles. The standard InChI is InChI=1S/C19H23N3O2/c1-24-18-9-8-16(13-20-18)19(23)21-12-15-6-2-3-7-17(15)14-22-10-4-5-11-22/h2-3,6-9,13H,4-5,10-12,14H2,1H3,(H,21,23). The van der Waals surface area contributed by atoms with Crippen molar-refractivity contribution >= 4 is 5.91 Å². The van der Waals surface area contributed by atoms with Crippen LogP contribution in [-0.4, -0.2) is 36.0 Å². The summed E-state index contributed by atoms with van der Waals surface area (Å²) in [5.41, 5.74) is 2.99. The summed E-state index contributed by atoms with van der Waals surface area (Å²) >= 11 is 0. The Kier molecular flexibility index (Phi) is 5.43. The summed E-state index contributed by atoms with van der Waals surface area (Å²) in [5.74, 6) is 0.378. The molecule has 3 rings (SSSR count). The maximum absolute atomic E-state index is 12.3. The highest BCUT2D eigenvalue weighted by Crippen LogP contribution is 2.16. The molecule has 1 aliphatic rings. The van der Waals surface area contributed by atoms with Crippen molar-refractivity contribution in [2.24, 2.45) is 0 Å². The molecule has 126 valence electrons. The molecule has 0 atom stereocenters. The number of amides is 1. The quantitative estimate of drug-likeness (QED) is 0.887. The highest BCUT2D eigenvalue weighted by Gasteiger charge is 2.14. The molecular weight excluding hydrogens is 302 g/mol. The van der Waals surface area contributed by atoms with E-state index in [9.17, 15) is 4.79 Å². The molecular formula is C19H23N3O2. The number of ether oxygens (including phenoxy) is 1. The van der Waals surface area contributed by atoms with Crippen LogP contribution in [0.4, 0.5) is 0 Å². The Bertz CT molecular complexity index is 679. The molecule has 1 aromatic carbocycles. The molecule has 0 aliphatic carbocycles. The molecule has 0 radical (unpaired) electrons. The average Bonchev–Trinajstić information content (AvgIpc) is 3.14. The number of carbonyl (C=O) groups excluding carboxylic acids is 1. The van der Waals surface area contributed by atoms with Crippen LogP contribution in [0.1, 0.15) is 34.3 Å². The lowest BCUT2D eigenvalue weighted by molar-refractivity contribution is 0.0950. The summed E-state index contributed by atoms with van der Waals surface area (Å²) in [6, 6.07) is 11.7. The van der Waals surface area contributed by atoms with Crippen molar-refractivity contribution in [1.29, 1.82) is 0 Å². The number of benzene rings is 1. The third-order valence-corrected chi connectivity index (χ3v) is 4.36. The van der Waals surface area contributed by atoms with Gasteiger partial charge in [0.05, 0.1) is 12.7 Å². The van der Waals surface area contributed by atoms with Crippen molar-refractivity contribution in [1.82, 2.24) is 15.2 Å². The van der Waals surface area contributed by atoms with Gasteiger partial charge in [-0.25, -0.2) is 4.98 Å². The molecule has 5 heteroatoms. The molecule has 0 bridgehead atoms. The first-order chi connectivity index (χ1) is 11.8. The van der Waals surface area contributed by atoms with Crippen molar-refractivity contribution in [2.75, 3.05) is 20.2 Å². The van der Waals surface area contributed by atoms with Gasteiger partial charge in [-0.1, -0.05) is 24.3 Å². The number of aromatic nitrogens is 1. The summed E-state index contributed by atoms with van der Waals surface area (Å²) in [4.78, 5) is 18.8. The van der Waals surface area contributed by atoms with E-state index in [4.69, 9.17) is 4.74 Å². The van der Waals surface area contributed by atoms with Crippen molar-refractivity contribution in [3.8, 4) is 5.88 Å². The molecule has 0 spiro atoms. The maximum Gasteiger partial charge on any atom is 0.253 e. The lowest BCUT2D eigenvalue weighted by Crippen LogP contribution is -2.25. The van der Waals surface area contributed by atoms with Gasteiger partial charge >= 0.3 is 0 Å². The lowest BCUT2D eigenvalue weighted by atomic mass is 10.1. The van der Waals surface area contributed by atoms with Gasteiger partial charge in [0, 0.05) is 25.4 Å². The fraction of sp³-hybridized carbons (Fsp3) is 0.368. The van der Waals surface area contributed by atoms with Crippen LogP contribution in [0.5, 0.6) is 5.88 Å². The van der Waals surface area contributed by atoms with E-state index in [1.807, 2.05) is 6.07 Å². The van der Waals surface area contributed by atoms with Crippen molar-refractivity contribution in [3.05, 3.63) is 59.3 Å². The van der Waals surface area contributed by atoms with E-state index in [1.165, 1.54) is 30.2 Å². The van der Waals surface area contributed by atoms with Gasteiger partial charge in [-0.05, 0) is 43.1 Å². The minimum Gasteiger partial charge on any atom is -0.481 e.